The molecule has 6 heteroatoms. The van der Waals surface area contributed by atoms with Gasteiger partial charge in [-0.2, -0.15) is 5.10 Å². The molecule has 0 bridgehead atoms. The van der Waals surface area contributed by atoms with E-state index >= 15 is 0 Å². The molecule has 2 heterocycles. The van der Waals surface area contributed by atoms with Crippen LogP contribution in [0.15, 0.2) is 30.7 Å². The Morgan fingerprint density at radius 3 is 2.67 bits per heavy atom. The van der Waals surface area contributed by atoms with Gasteiger partial charge in [0, 0.05) is 6.20 Å². The topological polar surface area (TPSA) is 80.6 Å². The molecule has 15 heavy (non-hydrogen) atoms. The van der Waals surface area contributed by atoms with E-state index < -0.39 is 0 Å². The highest BCUT2D eigenvalue weighted by molar-refractivity contribution is 6.30. The van der Waals surface area contributed by atoms with Crippen molar-refractivity contribution in [2.24, 2.45) is 5.73 Å². The van der Waals surface area contributed by atoms with Crippen LogP contribution in [-0.2, 0) is 0 Å². The molecule has 0 aromatic carbocycles. The van der Waals surface area contributed by atoms with E-state index in [-0.39, 0.29) is 5.84 Å². The molecule has 0 saturated carbocycles. The first-order valence-corrected chi connectivity index (χ1v) is 4.55. The van der Waals surface area contributed by atoms with Crippen molar-refractivity contribution in [3.63, 3.8) is 0 Å². The molecular formula is C9H8ClN5. The molecule has 0 amide bonds. The molecule has 0 radical (unpaired) electrons. The van der Waals surface area contributed by atoms with Crippen LogP contribution in [0, 0.1) is 5.41 Å². The Balaban J connectivity index is 2.35. The van der Waals surface area contributed by atoms with Crippen LogP contribution in [0.5, 0.6) is 0 Å². The number of halogens is 1. The molecule has 2 aromatic rings. The summed E-state index contributed by atoms with van der Waals surface area (Å²) in [4.78, 5) is 4.01. The SMILES string of the molecule is N=C(N)c1ccc(-n2cc(Cl)cn2)cn1. The second-order valence-corrected chi connectivity index (χ2v) is 3.35. The normalized spacial score (nSPS) is 10.2. The molecule has 0 aliphatic rings. The minimum atomic E-state index is -0.0555. The van der Waals surface area contributed by atoms with Crippen molar-refractivity contribution in [2.75, 3.05) is 0 Å². The zero-order chi connectivity index (χ0) is 10.8. The van der Waals surface area contributed by atoms with Crippen LogP contribution in [0.1, 0.15) is 5.69 Å². The standard InChI is InChI=1S/C9H8ClN5/c10-6-3-14-15(5-6)7-1-2-8(9(11)12)13-4-7/h1-5H,(H3,11,12). The smallest absolute Gasteiger partial charge is 0.141 e. The fourth-order valence-electron chi connectivity index (χ4n) is 1.12. The number of nitrogens with two attached hydrogens (primary N) is 1. The Kier molecular flexibility index (Phi) is 2.39. The first kappa shape index (κ1) is 9.67. The summed E-state index contributed by atoms with van der Waals surface area (Å²) in [6.45, 7) is 0. The Labute approximate surface area is 91.0 Å². The van der Waals surface area contributed by atoms with Gasteiger partial charge in [-0.05, 0) is 12.1 Å². The number of aromatic nitrogens is 3. The van der Waals surface area contributed by atoms with Gasteiger partial charge in [-0.15, -0.1) is 0 Å². The van der Waals surface area contributed by atoms with Crippen molar-refractivity contribution in [3.8, 4) is 5.69 Å². The number of nitrogen functional groups attached to an aromatic ring is 1. The highest BCUT2D eigenvalue weighted by Crippen LogP contribution is 2.10. The molecule has 0 unspecified atom stereocenters. The molecule has 0 saturated heterocycles. The van der Waals surface area contributed by atoms with Gasteiger partial charge in [0.2, 0.25) is 0 Å². The van der Waals surface area contributed by atoms with Crippen molar-refractivity contribution in [1.29, 1.82) is 5.41 Å². The van der Waals surface area contributed by atoms with Gasteiger partial charge in [0.15, 0.2) is 0 Å². The van der Waals surface area contributed by atoms with Gasteiger partial charge in [0.25, 0.3) is 0 Å². The van der Waals surface area contributed by atoms with E-state index in [4.69, 9.17) is 22.7 Å². The number of hydrogen-bond acceptors (Lipinski definition) is 3. The van der Waals surface area contributed by atoms with Gasteiger partial charge in [-0.1, -0.05) is 11.6 Å². The predicted octanol–water partition coefficient (Wildman–Crippen LogP) is 1.20. The van der Waals surface area contributed by atoms with Crippen molar-refractivity contribution in [2.45, 2.75) is 0 Å². The molecule has 0 spiro atoms. The zero-order valence-corrected chi connectivity index (χ0v) is 8.44. The van der Waals surface area contributed by atoms with Crippen molar-refractivity contribution < 1.29 is 0 Å². The Morgan fingerprint density at radius 2 is 2.20 bits per heavy atom. The highest BCUT2D eigenvalue weighted by Gasteiger charge is 2.01. The Hall–Kier alpha value is -1.88. The van der Waals surface area contributed by atoms with Gasteiger partial charge < -0.3 is 5.73 Å². The first-order chi connectivity index (χ1) is 7.16. The minimum absolute atomic E-state index is 0.0555. The van der Waals surface area contributed by atoms with Crippen LogP contribution in [0.3, 0.4) is 0 Å². The van der Waals surface area contributed by atoms with Gasteiger partial charge in [0.1, 0.15) is 11.5 Å². The van der Waals surface area contributed by atoms with Gasteiger partial charge >= 0.3 is 0 Å². The fraction of sp³-hybridized carbons (Fsp3) is 0. The third kappa shape index (κ3) is 1.97. The first-order valence-electron chi connectivity index (χ1n) is 4.18. The largest absolute Gasteiger partial charge is 0.382 e. The number of amidine groups is 1. The number of nitrogens with one attached hydrogen (secondary N) is 1. The second-order valence-electron chi connectivity index (χ2n) is 2.92. The van der Waals surface area contributed by atoms with E-state index in [0.717, 1.165) is 5.69 Å². The van der Waals surface area contributed by atoms with Crippen LogP contribution in [-0.4, -0.2) is 20.6 Å². The quantitative estimate of drug-likeness (QED) is 0.591. The molecule has 3 N–H and O–H groups in total. The summed E-state index contributed by atoms with van der Waals surface area (Å²) in [6, 6.07) is 3.43. The van der Waals surface area contributed by atoms with E-state index in [1.807, 2.05) is 0 Å². The maximum atomic E-state index is 7.19. The van der Waals surface area contributed by atoms with E-state index in [1.165, 1.54) is 0 Å². The third-order valence-electron chi connectivity index (χ3n) is 1.84. The zero-order valence-electron chi connectivity index (χ0n) is 7.68. The maximum Gasteiger partial charge on any atom is 0.141 e. The maximum absolute atomic E-state index is 7.19. The van der Waals surface area contributed by atoms with Crippen molar-refractivity contribution in [1.82, 2.24) is 14.8 Å². The van der Waals surface area contributed by atoms with Crippen LogP contribution in [0.2, 0.25) is 5.02 Å². The lowest BCUT2D eigenvalue weighted by Crippen LogP contribution is -2.13. The molecule has 2 aromatic heterocycles. The van der Waals surface area contributed by atoms with E-state index in [1.54, 1.807) is 35.4 Å². The molecule has 76 valence electrons. The summed E-state index contributed by atoms with van der Waals surface area (Å²) in [5, 5.41) is 11.8. The van der Waals surface area contributed by atoms with E-state index in [9.17, 15) is 0 Å². The second kappa shape index (κ2) is 3.70. The van der Waals surface area contributed by atoms with Crippen LogP contribution >= 0.6 is 11.6 Å². The number of nitrogens with zero attached hydrogens (tertiary/aromatic N) is 3. The van der Waals surface area contributed by atoms with Crippen molar-refractivity contribution in [3.05, 3.63) is 41.4 Å². The summed E-state index contributed by atoms with van der Waals surface area (Å²) in [6.07, 6.45) is 4.80. The summed E-state index contributed by atoms with van der Waals surface area (Å²) in [5.41, 5.74) is 6.50. The summed E-state index contributed by atoms with van der Waals surface area (Å²) >= 11 is 5.73. The summed E-state index contributed by atoms with van der Waals surface area (Å²) in [5.74, 6) is -0.0555. The van der Waals surface area contributed by atoms with Crippen LogP contribution in [0.25, 0.3) is 5.69 Å². The van der Waals surface area contributed by atoms with Crippen LogP contribution in [0.4, 0.5) is 0 Å². The Bertz CT molecular complexity index is 487. The lowest BCUT2D eigenvalue weighted by Gasteiger charge is -2.01. The summed E-state index contributed by atoms with van der Waals surface area (Å²) < 4.78 is 1.60. The molecule has 0 aliphatic carbocycles. The van der Waals surface area contributed by atoms with E-state index in [2.05, 4.69) is 10.1 Å². The van der Waals surface area contributed by atoms with Crippen molar-refractivity contribution >= 4 is 17.4 Å². The third-order valence-corrected chi connectivity index (χ3v) is 2.03. The average Bonchev–Trinajstić information content (AvgIpc) is 2.65. The monoisotopic (exact) mass is 221 g/mol. The lowest BCUT2D eigenvalue weighted by atomic mass is 10.3. The lowest BCUT2D eigenvalue weighted by molar-refractivity contribution is 0.873. The average molecular weight is 222 g/mol. The fourth-order valence-corrected chi connectivity index (χ4v) is 1.26. The Morgan fingerprint density at radius 1 is 1.40 bits per heavy atom. The molecule has 5 nitrogen and oxygen atoms in total. The highest BCUT2D eigenvalue weighted by atomic mass is 35.5. The van der Waals surface area contributed by atoms with E-state index in [0.29, 0.717) is 10.7 Å². The van der Waals surface area contributed by atoms with Gasteiger partial charge in [-0.3, -0.25) is 10.4 Å². The molecule has 0 aliphatic heterocycles. The number of pyridine rings is 1. The van der Waals surface area contributed by atoms with Gasteiger partial charge in [0.05, 0.1) is 23.1 Å². The molecule has 0 atom stereocenters. The summed E-state index contributed by atoms with van der Waals surface area (Å²) in [7, 11) is 0. The predicted molar refractivity (Wildman–Crippen MR) is 57.4 cm³/mol. The molecule has 0 fully saturated rings. The molecular weight excluding hydrogens is 214 g/mol. The number of hydrogen-bond donors (Lipinski definition) is 2. The molecule has 2 rings (SSSR count). The van der Waals surface area contributed by atoms with Crippen LogP contribution < -0.4 is 5.73 Å². The minimum Gasteiger partial charge on any atom is -0.382 e. The van der Waals surface area contributed by atoms with Gasteiger partial charge in [-0.25, -0.2) is 4.68 Å². The number of rotatable bonds is 2.